The van der Waals surface area contributed by atoms with Crippen LogP contribution in [0.15, 0.2) is 47.4 Å². The smallest absolute Gasteiger partial charge is 0.255 e. The fourth-order valence-corrected chi connectivity index (χ4v) is 4.45. The van der Waals surface area contributed by atoms with Gasteiger partial charge in [0.05, 0.1) is 5.69 Å². The van der Waals surface area contributed by atoms with Crippen molar-refractivity contribution >= 4 is 21.6 Å². The third-order valence-corrected chi connectivity index (χ3v) is 6.16. The number of nitrogens with one attached hydrogen (secondary N) is 1. The molecule has 0 saturated carbocycles. The second-order valence-electron chi connectivity index (χ2n) is 6.04. The third kappa shape index (κ3) is 3.76. The quantitative estimate of drug-likeness (QED) is 0.884. The number of amides is 1. The Hall–Kier alpha value is -2.32. The largest absolute Gasteiger partial charge is 0.319 e. The average Bonchev–Trinajstić information content (AvgIpc) is 2.64. The number of halogens is 2. The molecule has 1 fully saturated rings. The summed E-state index contributed by atoms with van der Waals surface area (Å²) >= 11 is 0. The van der Waals surface area contributed by atoms with Crippen molar-refractivity contribution in [3.05, 3.63) is 59.7 Å². The van der Waals surface area contributed by atoms with Crippen molar-refractivity contribution in [3.63, 3.8) is 0 Å². The normalized spacial score (nSPS) is 15.6. The van der Waals surface area contributed by atoms with E-state index in [0.29, 0.717) is 25.9 Å². The molecule has 138 valence electrons. The fraction of sp³-hybridized carbons (Fsp3) is 0.278. The average molecular weight is 380 g/mol. The lowest BCUT2D eigenvalue weighted by Gasteiger charge is -2.26. The van der Waals surface area contributed by atoms with Crippen LogP contribution in [0.2, 0.25) is 0 Å². The summed E-state index contributed by atoms with van der Waals surface area (Å²) in [5, 5.41) is 2.36. The molecule has 1 saturated heterocycles. The van der Waals surface area contributed by atoms with Crippen molar-refractivity contribution in [1.29, 1.82) is 0 Å². The van der Waals surface area contributed by atoms with Gasteiger partial charge in [0, 0.05) is 18.7 Å². The Morgan fingerprint density at radius 2 is 1.65 bits per heavy atom. The number of hydrogen-bond donors (Lipinski definition) is 1. The lowest BCUT2D eigenvalue weighted by molar-refractivity contribution is 0.102. The fourth-order valence-electron chi connectivity index (χ4n) is 2.84. The molecule has 1 N–H and O–H groups in total. The molecule has 1 amide bonds. The molecule has 0 unspecified atom stereocenters. The molecular formula is C18H18F2N2O3S. The Balaban J connectivity index is 1.90. The van der Waals surface area contributed by atoms with Crippen LogP contribution in [-0.2, 0) is 10.0 Å². The van der Waals surface area contributed by atoms with E-state index < -0.39 is 32.5 Å². The summed E-state index contributed by atoms with van der Waals surface area (Å²) in [5.74, 6) is -2.26. The third-order valence-electron chi connectivity index (χ3n) is 4.25. The number of carbonyl (C=O) groups excluding carboxylic acids is 1. The summed E-state index contributed by atoms with van der Waals surface area (Å²) in [7, 11) is -4.03. The summed E-state index contributed by atoms with van der Waals surface area (Å²) in [6.07, 6.45) is 2.36. The van der Waals surface area contributed by atoms with Crippen LogP contribution in [0.3, 0.4) is 0 Å². The minimum Gasteiger partial charge on any atom is -0.319 e. The molecule has 0 atom stereocenters. The highest BCUT2D eigenvalue weighted by Gasteiger charge is 2.29. The first kappa shape index (κ1) is 18.5. The van der Waals surface area contributed by atoms with E-state index >= 15 is 0 Å². The van der Waals surface area contributed by atoms with Crippen LogP contribution in [-0.4, -0.2) is 31.7 Å². The molecular weight excluding hydrogens is 362 g/mol. The van der Waals surface area contributed by atoms with Gasteiger partial charge in [0.15, 0.2) is 0 Å². The molecule has 2 aromatic carbocycles. The lowest BCUT2D eigenvalue weighted by atomic mass is 10.2. The van der Waals surface area contributed by atoms with E-state index in [2.05, 4.69) is 5.32 Å². The number of benzene rings is 2. The standard InChI is InChI=1S/C18H18F2N2O3S/c19-14-6-2-3-7-16(14)21-18(23)13-8-9-15(20)17(12-13)26(24,25)22-10-4-1-5-11-22/h2-3,6-9,12H,1,4-5,10-11H2,(H,21,23). The molecule has 1 aliphatic rings. The predicted molar refractivity (Wildman–Crippen MR) is 93.4 cm³/mol. The molecule has 0 spiro atoms. The van der Waals surface area contributed by atoms with Crippen LogP contribution in [0, 0.1) is 11.6 Å². The molecule has 0 radical (unpaired) electrons. The summed E-state index contributed by atoms with van der Waals surface area (Å²) in [6.45, 7) is 0.654. The van der Waals surface area contributed by atoms with Crippen molar-refractivity contribution in [1.82, 2.24) is 4.31 Å². The number of sulfonamides is 1. The van der Waals surface area contributed by atoms with Gasteiger partial charge in [-0.1, -0.05) is 18.6 Å². The maximum atomic E-state index is 14.2. The Bertz CT molecular complexity index is 926. The van der Waals surface area contributed by atoms with Crippen LogP contribution >= 0.6 is 0 Å². The molecule has 5 nitrogen and oxygen atoms in total. The number of anilines is 1. The zero-order valence-electron chi connectivity index (χ0n) is 13.9. The van der Waals surface area contributed by atoms with Gasteiger partial charge < -0.3 is 5.32 Å². The van der Waals surface area contributed by atoms with Crippen molar-refractivity contribution < 1.29 is 22.0 Å². The van der Waals surface area contributed by atoms with Gasteiger partial charge in [0.25, 0.3) is 5.91 Å². The SMILES string of the molecule is O=C(Nc1ccccc1F)c1ccc(F)c(S(=O)(=O)N2CCCCC2)c1. The van der Waals surface area contributed by atoms with Crippen LogP contribution in [0.25, 0.3) is 0 Å². The van der Waals surface area contributed by atoms with Crippen molar-refractivity contribution in [2.75, 3.05) is 18.4 Å². The number of carbonyl (C=O) groups is 1. The highest BCUT2D eigenvalue weighted by atomic mass is 32.2. The first-order valence-corrected chi connectivity index (χ1v) is 9.69. The Labute approximate surface area is 150 Å². The number of para-hydroxylation sites is 1. The second kappa shape index (κ2) is 7.51. The molecule has 0 aliphatic carbocycles. The number of hydrogen-bond acceptors (Lipinski definition) is 3. The minimum atomic E-state index is -4.03. The second-order valence-corrected chi connectivity index (χ2v) is 7.95. The van der Waals surface area contributed by atoms with Gasteiger partial charge in [-0.25, -0.2) is 17.2 Å². The van der Waals surface area contributed by atoms with Gasteiger partial charge in [-0.2, -0.15) is 4.31 Å². The van der Waals surface area contributed by atoms with Crippen molar-refractivity contribution in [2.24, 2.45) is 0 Å². The first-order valence-electron chi connectivity index (χ1n) is 8.25. The highest BCUT2D eigenvalue weighted by Crippen LogP contribution is 2.24. The van der Waals surface area contributed by atoms with E-state index in [1.165, 1.54) is 28.6 Å². The summed E-state index contributed by atoms with van der Waals surface area (Å²) in [4.78, 5) is 11.8. The van der Waals surface area contributed by atoms with E-state index in [0.717, 1.165) is 18.6 Å². The highest BCUT2D eigenvalue weighted by molar-refractivity contribution is 7.89. The van der Waals surface area contributed by atoms with E-state index in [1.54, 1.807) is 6.07 Å². The van der Waals surface area contributed by atoms with Crippen LogP contribution in [0.1, 0.15) is 29.6 Å². The van der Waals surface area contributed by atoms with Crippen molar-refractivity contribution in [2.45, 2.75) is 24.2 Å². The number of nitrogens with zero attached hydrogens (tertiary/aromatic N) is 1. The molecule has 0 aromatic heterocycles. The monoisotopic (exact) mass is 380 g/mol. The van der Waals surface area contributed by atoms with E-state index in [9.17, 15) is 22.0 Å². The zero-order chi connectivity index (χ0) is 18.7. The Kier molecular flexibility index (Phi) is 5.33. The topological polar surface area (TPSA) is 66.5 Å². The first-order chi connectivity index (χ1) is 12.4. The van der Waals surface area contributed by atoms with Gasteiger partial charge >= 0.3 is 0 Å². The molecule has 2 aromatic rings. The number of piperidine rings is 1. The van der Waals surface area contributed by atoms with E-state index in [-0.39, 0.29) is 11.3 Å². The van der Waals surface area contributed by atoms with Crippen LogP contribution in [0.5, 0.6) is 0 Å². The maximum Gasteiger partial charge on any atom is 0.255 e. The van der Waals surface area contributed by atoms with Gasteiger partial charge in [-0.3, -0.25) is 4.79 Å². The summed E-state index contributed by atoms with van der Waals surface area (Å²) in [6, 6.07) is 8.69. The summed E-state index contributed by atoms with van der Waals surface area (Å²) in [5.41, 5.74) is -0.104. The molecule has 1 aliphatic heterocycles. The lowest BCUT2D eigenvalue weighted by Crippen LogP contribution is -2.36. The zero-order valence-corrected chi connectivity index (χ0v) is 14.7. The van der Waals surface area contributed by atoms with E-state index in [4.69, 9.17) is 0 Å². The molecule has 26 heavy (non-hydrogen) atoms. The molecule has 3 rings (SSSR count). The minimum absolute atomic E-state index is 0.0396. The summed E-state index contributed by atoms with van der Waals surface area (Å²) < 4.78 is 54.4. The van der Waals surface area contributed by atoms with Crippen molar-refractivity contribution in [3.8, 4) is 0 Å². The predicted octanol–water partition coefficient (Wildman–Crippen LogP) is 3.39. The number of rotatable bonds is 4. The van der Waals surface area contributed by atoms with E-state index in [1.807, 2.05) is 0 Å². The van der Waals surface area contributed by atoms with Gasteiger partial charge in [0.1, 0.15) is 16.5 Å². The van der Waals surface area contributed by atoms with Crippen LogP contribution in [0.4, 0.5) is 14.5 Å². The van der Waals surface area contributed by atoms with Gasteiger partial charge in [-0.05, 0) is 43.2 Å². The Morgan fingerprint density at radius 3 is 2.35 bits per heavy atom. The van der Waals surface area contributed by atoms with Crippen LogP contribution < -0.4 is 5.32 Å². The molecule has 8 heteroatoms. The molecule has 1 heterocycles. The van der Waals surface area contributed by atoms with Gasteiger partial charge in [-0.15, -0.1) is 0 Å². The Morgan fingerprint density at radius 1 is 0.962 bits per heavy atom. The maximum absolute atomic E-state index is 14.2. The van der Waals surface area contributed by atoms with Gasteiger partial charge in [0.2, 0.25) is 10.0 Å². The molecule has 0 bridgehead atoms.